The molecule has 2 aromatic heterocycles. The monoisotopic (exact) mass is 390 g/mol. The fraction of sp³-hybridized carbons (Fsp3) is 0.176. The number of aliphatic hydroxyl groups is 1. The van der Waals surface area contributed by atoms with Crippen molar-refractivity contribution in [3.8, 4) is 0 Å². The minimum atomic E-state index is -3.84. The van der Waals surface area contributed by atoms with E-state index in [0.717, 1.165) is 5.56 Å². The molecule has 3 heterocycles. The van der Waals surface area contributed by atoms with E-state index >= 15 is 0 Å². The summed E-state index contributed by atoms with van der Waals surface area (Å²) in [5.41, 5.74) is 1.87. The predicted molar refractivity (Wildman–Crippen MR) is 98.9 cm³/mol. The molecule has 9 heteroatoms. The average molecular weight is 391 g/mol. The van der Waals surface area contributed by atoms with Crippen LogP contribution in [0.15, 0.2) is 52.5 Å². The molecular formula is C17H15ClN4O3S. The zero-order valence-corrected chi connectivity index (χ0v) is 15.3. The Morgan fingerprint density at radius 2 is 2.00 bits per heavy atom. The van der Waals surface area contributed by atoms with Crippen molar-refractivity contribution < 1.29 is 13.5 Å². The number of aromatic nitrogens is 2. The van der Waals surface area contributed by atoms with E-state index in [1.165, 1.54) is 22.9 Å². The zero-order chi connectivity index (χ0) is 18.5. The van der Waals surface area contributed by atoms with Crippen molar-refractivity contribution in [2.45, 2.75) is 17.9 Å². The minimum absolute atomic E-state index is 0.0414. The lowest BCUT2D eigenvalue weighted by molar-refractivity contribution is 0.177. The second kappa shape index (κ2) is 6.08. The maximum Gasteiger partial charge on any atom is 0.264 e. The van der Waals surface area contributed by atoms with Gasteiger partial charge in [0.2, 0.25) is 5.96 Å². The maximum atomic E-state index is 12.7. The Balaban J connectivity index is 1.81. The first-order valence-corrected chi connectivity index (χ1v) is 9.71. The first kappa shape index (κ1) is 17.0. The van der Waals surface area contributed by atoms with Gasteiger partial charge >= 0.3 is 0 Å². The topological polar surface area (TPSA) is 96.6 Å². The molecule has 1 aliphatic heterocycles. The molecule has 0 saturated heterocycles. The Bertz CT molecular complexity index is 1140. The third-order valence-electron chi connectivity index (χ3n) is 4.20. The molecule has 0 spiro atoms. The van der Waals surface area contributed by atoms with Gasteiger partial charge in [0.1, 0.15) is 11.8 Å². The van der Waals surface area contributed by atoms with Gasteiger partial charge in [-0.1, -0.05) is 29.3 Å². The van der Waals surface area contributed by atoms with Crippen LogP contribution in [0.1, 0.15) is 17.4 Å². The number of nitrogens with one attached hydrogen (secondary N) is 1. The van der Waals surface area contributed by atoms with Gasteiger partial charge in [-0.25, -0.2) is 23.1 Å². The molecule has 0 radical (unpaired) electrons. The van der Waals surface area contributed by atoms with Gasteiger partial charge in [0.15, 0.2) is 0 Å². The number of pyridine rings is 1. The number of hydrogen-bond donors (Lipinski definition) is 2. The zero-order valence-electron chi connectivity index (χ0n) is 13.7. The normalized spacial score (nSPS) is 17.0. The molecule has 4 rings (SSSR count). The van der Waals surface area contributed by atoms with Gasteiger partial charge in [0.05, 0.1) is 22.2 Å². The summed E-state index contributed by atoms with van der Waals surface area (Å²) in [6, 6.07) is 9.83. The van der Waals surface area contributed by atoms with Crippen LogP contribution in [0.2, 0.25) is 5.02 Å². The lowest BCUT2D eigenvalue weighted by atomic mass is 10.2. The van der Waals surface area contributed by atoms with E-state index in [9.17, 15) is 13.5 Å². The molecule has 1 aromatic carbocycles. The van der Waals surface area contributed by atoms with Crippen LogP contribution in [0.5, 0.6) is 0 Å². The average Bonchev–Trinajstić information content (AvgIpc) is 3.00. The number of rotatable bonds is 2. The van der Waals surface area contributed by atoms with Crippen molar-refractivity contribution in [3.05, 3.63) is 58.9 Å². The van der Waals surface area contributed by atoms with Gasteiger partial charge in [-0.05, 0) is 31.2 Å². The highest BCUT2D eigenvalue weighted by molar-refractivity contribution is 7.90. The Morgan fingerprint density at radius 3 is 2.73 bits per heavy atom. The molecule has 3 aromatic rings. The summed E-state index contributed by atoms with van der Waals surface area (Å²) >= 11 is 6.20. The van der Waals surface area contributed by atoms with E-state index < -0.39 is 16.1 Å². The molecule has 0 bridgehead atoms. The number of aryl methyl sites for hydroxylation is 1. The van der Waals surface area contributed by atoms with Gasteiger partial charge in [0, 0.05) is 11.6 Å². The van der Waals surface area contributed by atoms with Crippen molar-refractivity contribution in [1.29, 1.82) is 0 Å². The third-order valence-corrected chi connectivity index (χ3v) is 5.88. The minimum Gasteiger partial charge on any atom is -0.385 e. The molecule has 0 fully saturated rings. The molecule has 0 saturated carbocycles. The van der Waals surface area contributed by atoms with E-state index in [2.05, 4.69) is 14.7 Å². The second-order valence-corrected chi connectivity index (χ2v) is 8.12. The highest BCUT2D eigenvalue weighted by atomic mass is 35.5. The summed E-state index contributed by atoms with van der Waals surface area (Å²) in [5, 5.41) is 11.3. The van der Waals surface area contributed by atoms with Crippen LogP contribution in [-0.2, 0) is 10.0 Å². The SMILES string of the molecule is Cc1ccc(S(=O)(=O)NC2=NCC(O)c3cc4c(Cl)ccnc4n32)cc1. The molecule has 1 aliphatic rings. The van der Waals surface area contributed by atoms with Crippen LogP contribution in [0.25, 0.3) is 11.0 Å². The number of sulfonamides is 1. The second-order valence-electron chi connectivity index (χ2n) is 6.03. The number of benzene rings is 1. The summed E-state index contributed by atoms with van der Waals surface area (Å²) in [4.78, 5) is 8.58. The Morgan fingerprint density at radius 1 is 1.27 bits per heavy atom. The van der Waals surface area contributed by atoms with Crippen molar-refractivity contribution in [2.75, 3.05) is 6.54 Å². The Hall–Kier alpha value is -2.42. The van der Waals surface area contributed by atoms with Crippen LogP contribution in [0.3, 0.4) is 0 Å². The van der Waals surface area contributed by atoms with Crippen molar-refractivity contribution >= 4 is 38.6 Å². The number of halogens is 1. The van der Waals surface area contributed by atoms with E-state index in [1.807, 2.05) is 6.92 Å². The van der Waals surface area contributed by atoms with Crippen LogP contribution in [0, 0.1) is 6.92 Å². The smallest absolute Gasteiger partial charge is 0.264 e. The fourth-order valence-electron chi connectivity index (χ4n) is 2.87. The summed E-state index contributed by atoms with van der Waals surface area (Å²) in [6.07, 6.45) is 0.651. The molecule has 7 nitrogen and oxygen atoms in total. The summed E-state index contributed by atoms with van der Waals surface area (Å²) < 4.78 is 29.4. The van der Waals surface area contributed by atoms with E-state index in [0.29, 0.717) is 21.7 Å². The first-order valence-electron chi connectivity index (χ1n) is 7.85. The van der Waals surface area contributed by atoms with Gasteiger partial charge < -0.3 is 5.11 Å². The third kappa shape index (κ3) is 2.76. The Kier molecular flexibility index (Phi) is 3.98. The lowest BCUT2D eigenvalue weighted by Gasteiger charge is -2.21. The predicted octanol–water partition coefficient (Wildman–Crippen LogP) is 2.23. The van der Waals surface area contributed by atoms with E-state index in [1.54, 1.807) is 24.3 Å². The van der Waals surface area contributed by atoms with E-state index in [-0.39, 0.29) is 17.4 Å². The maximum absolute atomic E-state index is 12.7. The van der Waals surface area contributed by atoms with Crippen LogP contribution >= 0.6 is 11.6 Å². The quantitative estimate of drug-likeness (QED) is 0.701. The van der Waals surface area contributed by atoms with E-state index in [4.69, 9.17) is 11.6 Å². The molecule has 0 aliphatic carbocycles. The number of fused-ring (bicyclic) bond motifs is 3. The molecule has 26 heavy (non-hydrogen) atoms. The number of nitrogens with zero attached hydrogens (tertiary/aromatic N) is 3. The van der Waals surface area contributed by atoms with Gasteiger partial charge in [-0.3, -0.25) is 4.57 Å². The molecule has 1 unspecified atom stereocenters. The number of aliphatic imine (C=N–C) groups is 1. The molecule has 134 valence electrons. The van der Waals surface area contributed by atoms with Crippen LogP contribution < -0.4 is 4.72 Å². The lowest BCUT2D eigenvalue weighted by Crippen LogP contribution is -2.39. The van der Waals surface area contributed by atoms with Crippen LogP contribution in [-0.4, -0.2) is 35.6 Å². The standard InChI is InChI=1S/C17H15ClN4O3S/c1-10-2-4-11(5-3-10)26(24,25)21-17-20-9-15(23)14-8-12-13(18)6-7-19-16(12)22(14)17/h2-8,15,23H,9H2,1H3,(H,20,21). The molecule has 2 N–H and O–H groups in total. The molecule has 1 atom stereocenters. The van der Waals surface area contributed by atoms with Crippen molar-refractivity contribution in [3.63, 3.8) is 0 Å². The van der Waals surface area contributed by atoms with Gasteiger partial charge in [0.25, 0.3) is 10.0 Å². The van der Waals surface area contributed by atoms with Gasteiger partial charge in [-0.2, -0.15) is 0 Å². The summed E-state index contributed by atoms with van der Waals surface area (Å²) in [6.45, 7) is 1.92. The fourth-order valence-corrected chi connectivity index (χ4v) is 4.07. The number of hydrogen-bond acceptors (Lipinski definition) is 5. The molecular weight excluding hydrogens is 376 g/mol. The van der Waals surface area contributed by atoms with Gasteiger partial charge in [-0.15, -0.1) is 0 Å². The summed E-state index contributed by atoms with van der Waals surface area (Å²) in [7, 11) is -3.84. The summed E-state index contributed by atoms with van der Waals surface area (Å²) in [5.74, 6) is 0.0793. The highest BCUT2D eigenvalue weighted by Gasteiger charge is 2.28. The van der Waals surface area contributed by atoms with Crippen LogP contribution in [0.4, 0.5) is 0 Å². The highest BCUT2D eigenvalue weighted by Crippen LogP contribution is 2.30. The number of aliphatic hydroxyl groups excluding tert-OH is 1. The van der Waals surface area contributed by atoms with Crippen molar-refractivity contribution in [2.24, 2.45) is 4.99 Å². The first-order chi connectivity index (χ1) is 12.4. The Labute approximate surface area is 155 Å². The molecule has 0 amide bonds. The largest absolute Gasteiger partial charge is 0.385 e. The van der Waals surface area contributed by atoms with Crippen molar-refractivity contribution in [1.82, 2.24) is 14.3 Å².